The molecule has 1 saturated carbocycles. The Kier molecular flexibility index (Phi) is 31.8. The van der Waals surface area contributed by atoms with Crippen LogP contribution in [0.25, 0.3) is 0 Å². The molecule has 0 amide bonds. The minimum absolute atomic E-state index is 0.0287. The summed E-state index contributed by atoms with van der Waals surface area (Å²) in [5, 5.41) is 51.3. The Labute approximate surface area is 347 Å². The molecule has 0 spiro atoms. The highest BCUT2D eigenvalue weighted by atomic mass is 32.2. The first-order valence-electron chi connectivity index (χ1n) is 22.1. The zero-order valence-corrected chi connectivity index (χ0v) is 36.7. The second-order valence-corrected chi connectivity index (χ2v) is 18.7. The summed E-state index contributed by atoms with van der Waals surface area (Å²) in [6.45, 7) is 4.16. The van der Waals surface area contributed by atoms with Crippen molar-refractivity contribution in [1.82, 2.24) is 0 Å². The van der Waals surface area contributed by atoms with Crippen molar-refractivity contribution in [2.45, 2.75) is 229 Å². The Morgan fingerprint density at radius 2 is 1.07 bits per heavy atom. The van der Waals surface area contributed by atoms with E-state index in [0.717, 1.165) is 140 Å². The van der Waals surface area contributed by atoms with Gasteiger partial charge in [-0.25, -0.2) is 0 Å². The molecule has 0 saturated heterocycles. The lowest BCUT2D eigenvalue weighted by molar-refractivity contribution is -0.214. The first-order valence-corrected chi connectivity index (χ1v) is 24.7. The summed E-state index contributed by atoms with van der Waals surface area (Å²) in [6, 6.07) is 0. The van der Waals surface area contributed by atoms with Gasteiger partial charge in [-0.15, -0.1) is 0 Å². The van der Waals surface area contributed by atoms with Crippen LogP contribution in [0, 0.1) is 0 Å². The summed E-state index contributed by atoms with van der Waals surface area (Å²) in [7, 11) is -3.88. The Morgan fingerprint density at radius 3 is 1.61 bits per heavy atom. The molecule has 8 atom stereocenters. The lowest BCUT2D eigenvalue weighted by Gasteiger charge is -2.41. The van der Waals surface area contributed by atoms with Crippen molar-refractivity contribution >= 4 is 31.6 Å². The summed E-state index contributed by atoms with van der Waals surface area (Å²) in [4.78, 5) is 43.4. The first kappa shape index (κ1) is 54.0. The lowest BCUT2D eigenvalue weighted by Crippen LogP contribution is -2.63. The van der Waals surface area contributed by atoms with Crippen LogP contribution in [0.5, 0.6) is 0 Å². The van der Waals surface area contributed by atoms with Gasteiger partial charge in [-0.2, -0.15) is 0 Å². The molecule has 13 nitrogen and oxygen atoms in total. The van der Waals surface area contributed by atoms with Crippen LogP contribution >= 0.6 is 19.6 Å². The topological polar surface area (TPSA) is 221 Å². The van der Waals surface area contributed by atoms with Crippen molar-refractivity contribution in [2.24, 2.45) is 0 Å². The quantitative estimate of drug-likeness (QED) is 0.0106. The second-order valence-electron chi connectivity index (χ2n) is 15.9. The number of ether oxygens (including phenoxy) is 2. The molecule has 0 bridgehead atoms. The minimum atomic E-state index is -3.88. The molecule has 15 heteroatoms. The third kappa shape index (κ3) is 27.4. The van der Waals surface area contributed by atoms with E-state index < -0.39 is 50.3 Å². The highest BCUT2D eigenvalue weighted by Gasteiger charge is 2.49. The number of carbonyl (C=O) groups excluding carboxylic acids is 2. The molecule has 57 heavy (non-hydrogen) atoms. The minimum Gasteiger partial charge on any atom is -0.462 e. The number of unbranched alkanes of at least 4 members (excludes halogenated alkanes) is 18. The van der Waals surface area contributed by atoms with Gasteiger partial charge >= 0.3 is 19.5 Å². The highest BCUT2D eigenvalue weighted by Crippen LogP contribution is 2.36. The van der Waals surface area contributed by atoms with Crippen LogP contribution < -0.4 is 0 Å². The van der Waals surface area contributed by atoms with Crippen LogP contribution in [0.3, 0.4) is 0 Å². The highest BCUT2D eigenvalue weighted by molar-refractivity contribution is 7.95. The van der Waals surface area contributed by atoms with Crippen LogP contribution in [0.4, 0.5) is 0 Å². The molecular weight excluding hydrogens is 775 g/mol. The Hall–Kier alpha value is -1.06. The number of aliphatic hydroxyl groups excluding tert-OH is 5. The third-order valence-electron chi connectivity index (χ3n) is 10.5. The summed E-state index contributed by atoms with van der Waals surface area (Å²) in [5.41, 5.74) is 0. The first-order chi connectivity index (χ1) is 27.3. The van der Waals surface area contributed by atoms with Gasteiger partial charge < -0.3 is 49.0 Å². The molecular formula is C42H79O13PS. The summed E-state index contributed by atoms with van der Waals surface area (Å²) < 4.78 is 28.3. The average Bonchev–Trinajstić information content (AvgIpc) is 3.17. The largest absolute Gasteiger partial charge is 0.462 e. The standard InChI is InChI=1S/C42H79O13PS/c1-3-5-7-19-24-28-35(43)53-32-33(54-36(44)29-25-20-8-6-4-2)31-34(57-55-42-40(48)38(46)37(45)39(47)41(42)49)27-23-21-17-15-13-11-9-10-12-14-16-18-22-26-30-56(50,51)52/h9,11,33-34,37-42,45-49H,3-8,10,12-32H2,1-2H3,(H2,50,51,52)/b11-9-/t33?,34?,37?,38-,39+,40-,41-,42?/m0/s1. The van der Waals surface area contributed by atoms with Crippen LogP contribution in [0.2, 0.25) is 0 Å². The van der Waals surface area contributed by atoms with Gasteiger partial charge in [0.25, 0.3) is 0 Å². The van der Waals surface area contributed by atoms with Crippen molar-refractivity contribution in [3.8, 4) is 0 Å². The summed E-state index contributed by atoms with van der Waals surface area (Å²) >= 11 is 0.968. The molecule has 0 aromatic rings. The SMILES string of the molecule is CCCCCCCC(=O)OCC(CC(CCCCCC/C=C\CCCCCCCCP(=O)(O)O)SOC1[C@@H](O)[C@H](O)C(O)[C@H](O)[C@@H]1O)OC(=O)CCCCCCC. The van der Waals surface area contributed by atoms with Crippen molar-refractivity contribution in [2.75, 3.05) is 12.8 Å². The number of allylic oxidation sites excluding steroid dienone is 2. The van der Waals surface area contributed by atoms with Crippen molar-refractivity contribution in [1.29, 1.82) is 0 Å². The van der Waals surface area contributed by atoms with E-state index in [1.165, 1.54) is 0 Å². The fourth-order valence-corrected chi connectivity index (χ4v) is 8.57. The second kappa shape index (κ2) is 33.6. The van der Waals surface area contributed by atoms with Crippen LogP contribution in [0.15, 0.2) is 12.2 Å². The van der Waals surface area contributed by atoms with Gasteiger partial charge in [-0.3, -0.25) is 14.2 Å². The van der Waals surface area contributed by atoms with E-state index in [9.17, 15) is 39.7 Å². The van der Waals surface area contributed by atoms with Gasteiger partial charge in [0.05, 0.1) is 0 Å². The number of carbonyl (C=O) groups is 2. The molecule has 1 aliphatic rings. The molecule has 0 aromatic carbocycles. The molecule has 336 valence electrons. The van der Waals surface area contributed by atoms with Crippen molar-refractivity contribution in [3.63, 3.8) is 0 Å². The third-order valence-corrected chi connectivity index (χ3v) is 12.4. The number of hydrogen-bond acceptors (Lipinski definition) is 12. The van der Waals surface area contributed by atoms with Crippen LogP contribution in [-0.4, -0.2) is 108 Å². The van der Waals surface area contributed by atoms with E-state index in [1.807, 2.05) is 0 Å². The van der Waals surface area contributed by atoms with E-state index in [-0.39, 0.29) is 49.2 Å². The molecule has 1 fully saturated rings. The normalized spacial score (nSPS) is 22.5. The predicted molar refractivity (Wildman–Crippen MR) is 225 cm³/mol. The number of esters is 2. The van der Waals surface area contributed by atoms with Crippen LogP contribution in [-0.2, 0) is 27.8 Å². The van der Waals surface area contributed by atoms with Gasteiger partial charge in [0.15, 0.2) is 0 Å². The predicted octanol–water partition coefficient (Wildman–Crippen LogP) is 7.58. The van der Waals surface area contributed by atoms with Crippen molar-refractivity contribution < 1.29 is 63.1 Å². The number of aliphatic hydroxyl groups is 5. The fourth-order valence-electron chi connectivity index (χ4n) is 6.86. The zero-order chi connectivity index (χ0) is 42.3. The maximum Gasteiger partial charge on any atom is 0.325 e. The monoisotopic (exact) mass is 854 g/mol. The maximum atomic E-state index is 12.9. The molecule has 1 aliphatic carbocycles. The van der Waals surface area contributed by atoms with E-state index in [2.05, 4.69) is 26.0 Å². The van der Waals surface area contributed by atoms with E-state index in [0.29, 0.717) is 19.3 Å². The maximum absolute atomic E-state index is 12.9. The molecule has 7 N–H and O–H groups in total. The number of hydrogen-bond donors (Lipinski definition) is 7. The van der Waals surface area contributed by atoms with E-state index >= 15 is 0 Å². The summed E-state index contributed by atoms with van der Waals surface area (Å²) in [6.07, 6.45) is 16.6. The smallest absolute Gasteiger partial charge is 0.325 e. The zero-order valence-electron chi connectivity index (χ0n) is 35.0. The van der Waals surface area contributed by atoms with Gasteiger partial charge in [0.2, 0.25) is 0 Å². The van der Waals surface area contributed by atoms with Gasteiger partial charge in [-0.1, -0.05) is 122 Å². The molecule has 0 radical (unpaired) electrons. The Morgan fingerprint density at radius 1 is 0.614 bits per heavy atom. The summed E-state index contributed by atoms with van der Waals surface area (Å²) in [5.74, 6) is -0.704. The molecule has 4 unspecified atom stereocenters. The fraction of sp³-hybridized carbons (Fsp3) is 0.905. The lowest BCUT2D eigenvalue weighted by atomic mass is 9.85. The van der Waals surface area contributed by atoms with Crippen LogP contribution in [0.1, 0.15) is 181 Å². The van der Waals surface area contributed by atoms with Crippen molar-refractivity contribution in [3.05, 3.63) is 12.2 Å². The van der Waals surface area contributed by atoms with Gasteiger partial charge in [-0.05, 0) is 63.4 Å². The number of rotatable bonds is 36. The average molecular weight is 855 g/mol. The van der Waals surface area contributed by atoms with Gasteiger partial charge in [0, 0.05) is 30.7 Å². The van der Waals surface area contributed by atoms with Gasteiger partial charge in [0.1, 0.15) is 49.3 Å². The Balaban J connectivity index is 2.74. The van der Waals surface area contributed by atoms with E-state index in [1.54, 1.807) is 0 Å². The molecule has 0 aromatic heterocycles. The molecule has 1 rings (SSSR count). The van der Waals surface area contributed by atoms with E-state index in [4.69, 9.17) is 23.4 Å². The Bertz CT molecular complexity index is 1080. The molecule has 0 aliphatic heterocycles. The molecule has 0 heterocycles.